The molecule has 0 radical (unpaired) electrons. The fraction of sp³-hybridized carbons (Fsp3) is 0.450. The molecular weight excluding hydrogens is 470 g/mol. The molecule has 144 valence electrons. The second kappa shape index (κ2) is 8.37. The maximum atomic E-state index is 6.15. The van der Waals surface area contributed by atoms with Crippen LogP contribution >= 0.6 is 31.9 Å². The lowest BCUT2D eigenvalue weighted by Gasteiger charge is -2.14. The standard InChI is InChI=1S/C20H25Br2N5/c1-5-14(23)6-7-15-17(22)16(10-21)24-20-18(15)25-26-27(20)19-12(3)8-11(2)9-13(19)4/h8-9,14H,5-7,10,23H2,1-4H3. The minimum absolute atomic E-state index is 0.184. The number of nitrogens with two attached hydrogens (primary N) is 1. The van der Waals surface area contributed by atoms with Gasteiger partial charge in [0.15, 0.2) is 5.65 Å². The van der Waals surface area contributed by atoms with Gasteiger partial charge in [0.25, 0.3) is 0 Å². The summed E-state index contributed by atoms with van der Waals surface area (Å²) >= 11 is 7.29. The van der Waals surface area contributed by atoms with Crippen LogP contribution in [-0.2, 0) is 11.8 Å². The van der Waals surface area contributed by atoms with E-state index in [0.717, 1.165) is 51.8 Å². The second-order valence-corrected chi connectivity index (χ2v) is 8.47. The minimum atomic E-state index is 0.184. The molecule has 0 spiro atoms. The van der Waals surface area contributed by atoms with E-state index in [1.807, 2.05) is 4.68 Å². The van der Waals surface area contributed by atoms with Crippen LogP contribution in [-0.4, -0.2) is 26.0 Å². The van der Waals surface area contributed by atoms with Crippen LogP contribution in [0.25, 0.3) is 16.9 Å². The highest BCUT2D eigenvalue weighted by atomic mass is 79.9. The van der Waals surface area contributed by atoms with Crippen LogP contribution in [0.1, 0.15) is 47.7 Å². The molecular formula is C20H25Br2N5. The van der Waals surface area contributed by atoms with Crippen molar-refractivity contribution in [3.63, 3.8) is 0 Å². The van der Waals surface area contributed by atoms with Gasteiger partial charge in [-0.15, -0.1) is 5.10 Å². The molecule has 7 heteroatoms. The topological polar surface area (TPSA) is 69.6 Å². The second-order valence-electron chi connectivity index (χ2n) is 7.11. The molecule has 0 amide bonds. The van der Waals surface area contributed by atoms with Gasteiger partial charge < -0.3 is 5.73 Å². The Hall–Kier alpha value is -1.31. The zero-order chi connectivity index (χ0) is 19.7. The largest absolute Gasteiger partial charge is 0.328 e. The number of rotatable bonds is 6. The number of alkyl halides is 1. The Morgan fingerprint density at radius 3 is 2.44 bits per heavy atom. The van der Waals surface area contributed by atoms with Crippen LogP contribution in [0.3, 0.4) is 0 Å². The van der Waals surface area contributed by atoms with Crippen LogP contribution in [0.5, 0.6) is 0 Å². The number of benzene rings is 1. The summed E-state index contributed by atoms with van der Waals surface area (Å²) in [5.74, 6) is 0. The van der Waals surface area contributed by atoms with Crippen molar-refractivity contribution in [2.24, 2.45) is 5.73 Å². The number of nitrogens with zero attached hydrogens (tertiary/aromatic N) is 4. The zero-order valence-electron chi connectivity index (χ0n) is 16.2. The summed E-state index contributed by atoms with van der Waals surface area (Å²) in [4.78, 5) is 4.86. The van der Waals surface area contributed by atoms with Gasteiger partial charge in [-0.05, 0) is 72.7 Å². The summed E-state index contributed by atoms with van der Waals surface area (Å²) in [5.41, 5.74) is 14.5. The summed E-state index contributed by atoms with van der Waals surface area (Å²) in [6, 6.07) is 4.52. The normalized spacial score (nSPS) is 12.7. The van der Waals surface area contributed by atoms with Gasteiger partial charge >= 0.3 is 0 Å². The Balaban J connectivity index is 2.21. The lowest BCUT2D eigenvalue weighted by atomic mass is 10.0. The molecule has 0 fully saturated rings. The molecule has 1 unspecified atom stereocenters. The maximum absolute atomic E-state index is 6.15. The Labute approximate surface area is 177 Å². The third-order valence-corrected chi connectivity index (χ3v) is 6.42. The quantitative estimate of drug-likeness (QED) is 0.485. The highest BCUT2D eigenvalue weighted by molar-refractivity contribution is 9.10. The summed E-state index contributed by atoms with van der Waals surface area (Å²) in [7, 11) is 0. The molecule has 0 aliphatic carbocycles. The number of fused-ring (bicyclic) bond motifs is 1. The lowest BCUT2D eigenvalue weighted by molar-refractivity contribution is 0.596. The molecule has 1 aromatic carbocycles. The first-order valence-electron chi connectivity index (χ1n) is 9.19. The number of hydrogen-bond acceptors (Lipinski definition) is 4. The molecule has 0 saturated heterocycles. The number of hydrogen-bond donors (Lipinski definition) is 1. The molecule has 2 heterocycles. The number of aromatic nitrogens is 4. The Kier molecular flexibility index (Phi) is 6.33. The van der Waals surface area contributed by atoms with E-state index in [-0.39, 0.29) is 6.04 Å². The van der Waals surface area contributed by atoms with Crippen molar-refractivity contribution in [3.05, 3.63) is 44.6 Å². The smallest absolute Gasteiger partial charge is 0.184 e. The third kappa shape index (κ3) is 3.96. The van der Waals surface area contributed by atoms with Gasteiger partial charge in [-0.1, -0.05) is 45.8 Å². The van der Waals surface area contributed by atoms with E-state index in [9.17, 15) is 0 Å². The molecule has 2 N–H and O–H groups in total. The average Bonchev–Trinajstić information content (AvgIpc) is 3.02. The van der Waals surface area contributed by atoms with Crippen molar-refractivity contribution in [2.45, 2.75) is 58.3 Å². The lowest BCUT2D eigenvalue weighted by Crippen LogP contribution is -2.19. The molecule has 5 nitrogen and oxygen atoms in total. The Morgan fingerprint density at radius 2 is 1.85 bits per heavy atom. The van der Waals surface area contributed by atoms with Crippen molar-refractivity contribution in [1.82, 2.24) is 20.0 Å². The summed E-state index contributed by atoms with van der Waals surface area (Å²) in [6.45, 7) is 8.43. The molecule has 0 aliphatic heterocycles. The molecule has 3 aromatic rings. The summed E-state index contributed by atoms with van der Waals surface area (Å²) in [6.07, 6.45) is 2.72. The molecule has 0 aliphatic rings. The van der Waals surface area contributed by atoms with E-state index >= 15 is 0 Å². The van der Waals surface area contributed by atoms with Crippen LogP contribution < -0.4 is 5.73 Å². The van der Waals surface area contributed by atoms with Gasteiger partial charge in [0.05, 0.1) is 11.4 Å². The first-order valence-corrected chi connectivity index (χ1v) is 11.1. The first kappa shape index (κ1) is 20.4. The van der Waals surface area contributed by atoms with Gasteiger partial charge in [0.2, 0.25) is 0 Å². The van der Waals surface area contributed by atoms with E-state index in [1.54, 1.807) is 0 Å². The van der Waals surface area contributed by atoms with Gasteiger partial charge in [0.1, 0.15) is 5.52 Å². The minimum Gasteiger partial charge on any atom is -0.328 e. The van der Waals surface area contributed by atoms with Gasteiger partial charge in [0, 0.05) is 15.8 Å². The van der Waals surface area contributed by atoms with Crippen LogP contribution in [0.15, 0.2) is 16.6 Å². The van der Waals surface area contributed by atoms with Gasteiger partial charge in [-0.3, -0.25) is 0 Å². The fourth-order valence-electron chi connectivity index (χ4n) is 3.54. The average molecular weight is 495 g/mol. The fourth-order valence-corrected chi connectivity index (χ4v) is 4.93. The highest BCUT2D eigenvalue weighted by Crippen LogP contribution is 2.31. The number of halogens is 2. The molecule has 1 atom stereocenters. The maximum Gasteiger partial charge on any atom is 0.184 e. The number of aryl methyl sites for hydroxylation is 4. The first-order chi connectivity index (χ1) is 12.9. The molecule has 0 bridgehead atoms. The van der Waals surface area contributed by atoms with Crippen molar-refractivity contribution in [2.75, 3.05) is 0 Å². The van der Waals surface area contributed by atoms with Crippen molar-refractivity contribution < 1.29 is 0 Å². The zero-order valence-corrected chi connectivity index (χ0v) is 19.4. The van der Waals surface area contributed by atoms with Crippen molar-refractivity contribution >= 4 is 43.0 Å². The number of pyridine rings is 1. The highest BCUT2D eigenvalue weighted by Gasteiger charge is 2.20. The monoisotopic (exact) mass is 493 g/mol. The third-order valence-electron chi connectivity index (χ3n) is 4.95. The van der Waals surface area contributed by atoms with E-state index in [4.69, 9.17) is 10.7 Å². The van der Waals surface area contributed by atoms with Gasteiger partial charge in [-0.25, -0.2) is 4.98 Å². The van der Waals surface area contributed by atoms with Crippen molar-refractivity contribution in [1.29, 1.82) is 0 Å². The molecule has 2 aromatic heterocycles. The van der Waals surface area contributed by atoms with Crippen LogP contribution in [0.2, 0.25) is 0 Å². The van der Waals surface area contributed by atoms with E-state index in [2.05, 4.69) is 82.0 Å². The molecule has 3 rings (SSSR count). The Morgan fingerprint density at radius 1 is 1.19 bits per heavy atom. The van der Waals surface area contributed by atoms with E-state index in [0.29, 0.717) is 5.33 Å². The predicted octanol–water partition coefficient (Wildman–Crippen LogP) is 5.07. The molecule has 0 saturated carbocycles. The predicted molar refractivity (Wildman–Crippen MR) is 118 cm³/mol. The van der Waals surface area contributed by atoms with Crippen molar-refractivity contribution in [3.8, 4) is 5.69 Å². The Bertz CT molecular complexity index is 957. The summed E-state index contributed by atoms with van der Waals surface area (Å²) < 4.78 is 2.88. The SMILES string of the molecule is CCC(N)CCc1c(Br)c(CBr)nc2c1nnn2-c1c(C)cc(C)cc1C. The van der Waals surface area contributed by atoms with Crippen LogP contribution in [0, 0.1) is 20.8 Å². The summed E-state index contributed by atoms with van der Waals surface area (Å²) in [5, 5.41) is 9.64. The van der Waals surface area contributed by atoms with E-state index < -0.39 is 0 Å². The van der Waals surface area contributed by atoms with E-state index in [1.165, 1.54) is 16.7 Å². The van der Waals surface area contributed by atoms with Gasteiger partial charge in [-0.2, -0.15) is 4.68 Å². The van der Waals surface area contributed by atoms with Crippen LogP contribution in [0.4, 0.5) is 0 Å². The molecule has 27 heavy (non-hydrogen) atoms.